The number of benzene rings is 2. The molecule has 0 saturated carbocycles. The fourth-order valence-electron chi connectivity index (χ4n) is 3.78. The molecule has 136 valence electrons. The highest BCUT2D eigenvalue weighted by Crippen LogP contribution is 2.39. The molecule has 2 N–H and O–H groups in total. The van der Waals surface area contributed by atoms with Crippen molar-refractivity contribution in [1.29, 1.82) is 0 Å². The molecular weight excluding hydrogens is 348 g/mol. The Balaban J connectivity index is 1.76. The van der Waals surface area contributed by atoms with Gasteiger partial charge in [-0.1, -0.05) is 17.7 Å². The zero-order valence-corrected chi connectivity index (χ0v) is 15.8. The van der Waals surface area contributed by atoms with Gasteiger partial charge in [0.2, 0.25) is 0 Å². The summed E-state index contributed by atoms with van der Waals surface area (Å²) in [4.78, 5) is 3.46. The molecule has 1 saturated heterocycles. The minimum Gasteiger partial charge on any atom is -0.493 e. The monoisotopic (exact) mass is 370 g/mol. The van der Waals surface area contributed by atoms with Crippen LogP contribution in [0.15, 0.2) is 36.4 Å². The number of aromatic nitrogens is 1. The Bertz CT molecular complexity index is 929. The van der Waals surface area contributed by atoms with Crippen LogP contribution in [0.4, 0.5) is 0 Å². The molecule has 0 bridgehead atoms. The molecule has 1 aliphatic rings. The zero-order chi connectivity index (χ0) is 18.1. The number of rotatable bonds is 4. The lowest BCUT2D eigenvalue weighted by molar-refractivity contribution is 0.355. The molecule has 26 heavy (non-hydrogen) atoms. The standard InChI is InChI=1S/C21H23ClN2O2/c1-25-18-6-4-15(12-19(18)26-2)21-20(22)16-11-14(3-5-17(16)24-21)13-7-9-23-10-8-13/h3-6,11-13,23-24H,7-10H2,1-2H3. The van der Waals surface area contributed by atoms with E-state index in [-0.39, 0.29) is 0 Å². The van der Waals surface area contributed by atoms with Crippen LogP contribution < -0.4 is 14.8 Å². The minimum absolute atomic E-state index is 0.608. The number of methoxy groups -OCH3 is 2. The Labute approximate surface area is 158 Å². The van der Waals surface area contributed by atoms with E-state index in [1.165, 1.54) is 18.4 Å². The van der Waals surface area contributed by atoms with Crippen molar-refractivity contribution in [1.82, 2.24) is 10.3 Å². The van der Waals surface area contributed by atoms with Crippen molar-refractivity contribution in [3.8, 4) is 22.8 Å². The van der Waals surface area contributed by atoms with Gasteiger partial charge in [-0.15, -0.1) is 0 Å². The fourth-order valence-corrected chi connectivity index (χ4v) is 4.09. The van der Waals surface area contributed by atoms with Gasteiger partial charge in [0.15, 0.2) is 11.5 Å². The summed E-state index contributed by atoms with van der Waals surface area (Å²) in [7, 11) is 3.27. The maximum atomic E-state index is 6.76. The minimum atomic E-state index is 0.608. The van der Waals surface area contributed by atoms with E-state index in [4.69, 9.17) is 21.1 Å². The van der Waals surface area contributed by atoms with Crippen molar-refractivity contribution < 1.29 is 9.47 Å². The van der Waals surface area contributed by atoms with Gasteiger partial charge in [-0.25, -0.2) is 0 Å². The van der Waals surface area contributed by atoms with Crippen LogP contribution in [0.2, 0.25) is 5.02 Å². The van der Waals surface area contributed by atoms with Gasteiger partial charge in [0, 0.05) is 16.5 Å². The quantitative estimate of drug-likeness (QED) is 0.681. The average molecular weight is 371 g/mol. The molecule has 0 amide bonds. The topological polar surface area (TPSA) is 46.3 Å². The molecule has 4 nitrogen and oxygen atoms in total. The average Bonchev–Trinajstić information content (AvgIpc) is 3.04. The van der Waals surface area contributed by atoms with E-state index in [1.54, 1.807) is 14.2 Å². The van der Waals surface area contributed by atoms with E-state index in [0.29, 0.717) is 17.4 Å². The first-order chi connectivity index (χ1) is 12.7. The van der Waals surface area contributed by atoms with Crippen LogP contribution in [0.25, 0.3) is 22.2 Å². The number of fused-ring (bicyclic) bond motifs is 1. The third-order valence-corrected chi connectivity index (χ3v) is 5.63. The normalized spacial score (nSPS) is 15.3. The highest BCUT2D eigenvalue weighted by molar-refractivity contribution is 6.38. The molecule has 0 spiro atoms. The van der Waals surface area contributed by atoms with Gasteiger partial charge < -0.3 is 19.8 Å². The largest absolute Gasteiger partial charge is 0.493 e. The summed E-state index contributed by atoms with van der Waals surface area (Å²) in [6.07, 6.45) is 2.35. The summed E-state index contributed by atoms with van der Waals surface area (Å²) >= 11 is 6.76. The van der Waals surface area contributed by atoms with Crippen LogP contribution in [0.1, 0.15) is 24.3 Å². The third kappa shape index (κ3) is 3.04. The maximum absolute atomic E-state index is 6.76. The smallest absolute Gasteiger partial charge is 0.161 e. The Hall–Kier alpha value is -2.17. The molecule has 0 unspecified atom stereocenters. The van der Waals surface area contributed by atoms with Crippen LogP contribution in [0, 0.1) is 0 Å². The molecule has 1 aliphatic heterocycles. The summed E-state index contributed by atoms with van der Waals surface area (Å²) in [5.74, 6) is 2.00. The number of hydrogen-bond acceptors (Lipinski definition) is 3. The first kappa shape index (κ1) is 17.3. The summed E-state index contributed by atoms with van der Waals surface area (Å²) in [5.41, 5.74) is 4.31. The number of nitrogens with one attached hydrogen (secondary N) is 2. The molecule has 2 aromatic carbocycles. The number of halogens is 1. The SMILES string of the molecule is COc1ccc(-c2[nH]c3ccc(C4CCNCC4)cc3c2Cl)cc1OC. The van der Waals surface area contributed by atoms with Crippen LogP contribution in [0.3, 0.4) is 0 Å². The van der Waals surface area contributed by atoms with Crippen LogP contribution in [-0.4, -0.2) is 32.3 Å². The number of hydrogen-bond donors (Lipinski definition) is 2. The van der Waals surface area contributed by atoms with Crippen LogP contribution in [0.5, 0.6) is 11.5 Å². The Morgan fingerprint density at radius 1 is 0.962 bits per heavy atom. The molecular formula is C21H23ClN2O2. The molecule has 3 aromatic rings. The second-order valence-corrected chi connectivity index (χ2v) is 7.09. The van der Waals surface area contributed by atoms with E-state index < -0.39 is 0 Å². The van der Waals surface area contributed by atoms with Crippen molar-refractivity contribution in [2.45, 2.75) is 18.8 Å². The van der Waals surface area contributed by atoms with Gasteiger partial charge in [0.25, 0.3) is 0 Å². The zero-order valence-electron chi connectivity index (χ0n) is 15.1. The van der Waals surface area contributed by atoms with Crippen molar-refractivity contribution in [3.05, 3.63) is 47.0 Å². The highest BCUT2D eigenvalue weighted by atomic mass is 35.5. The first-order valence-electron chi connectivity index (χ1n) is 8.95. The Morgan fingerprint density at radius 2 is 1.73 bits per heavy atom. The second kappa shape index (κ2) is 7.22. The molecule has 0 radical (unpaired) electrons. The first-order valence-corrected chi connectivity index (χ1v) is 9.33. The third-order valence-electron chi connectivity index (χ3n) is 5.24. The molecule has 0 aliphatic carbocycles. The van der Waals surface area contributed by atoms with Crippen LogP contribution in [-0.2, 0) is 0 Å². The van der Waals surface area contributed by atoms with E-state index >= 15 is 0 Å². The molecule has 4 rings (SSSR count). The lowest BCUT2D eigenvalue weighted by Crippen LogP contribution is -2.26. The summed E-state index contributed by atoms with van der Waals surface area (Å²) in [5, 5.41) is 5.25. The van der Waals surface area contributed by atoms with Crippen molar-refractivity contribution in [2.75, 3.05) is 27.3 Å². The summed E-state index contributed by atoms with van der Waals surface area (Å²) in [6, 6.07) is 12.5. The van der Waals surface area contributed by atoms with Gasteiger partial charge in [-0.3, -0.25) is 0 Å². The number of H-pyrrole nitrogens is 1. The second-order valence-electron chi connectivity index (χ2n) is 6.71. The molecule has 1 fully saturated rings. The molecule has 5 heteroatoms. The van der Waals surface area contributed by atoms with E-state index in [9.17, 15) is 0 Å². The van der Waals surface area contributed by atoms with Gasteiger partial charge in [-0.2, -0.15) is 0 Å². The lowest BCUT2D eigenvalue weighted by atomic mass is 9.90. The number of ether oxygens (including phenoxy) is 2. The molecule has 2 heterocycles. The number of piperidine rings is 1. The van der Waals surface area contributed by atoms with E-state index in [2.05, 4.69) is 28.5 Å². The number of aromatic amines is 1. The van der Waals surface area contributed by atoms with Crippen molar-refractivity contribution in [2.24, 2.45) is 0 Å². The summed E-state index contributed by atoms with van der Waals surface area (Å²) in [6.45, 7) is 2.17. The maximum Gasteiger partial charge on any atom is 0.161 e. The predicted molar refractivity (Wildman–Crippen MR) is 107 cm³/mol. The van der Waals surface area contributed by atoms with Gasteiger partial charge in [-0.05, 0) is 67.7 Å². The Kier molecular flexibility index (Phi) is 4.79. The van der Waals surface area contributed by atoms with Gasteiger partial charge in [0.05, 0.1) is 24.9 Å². The lowest BCUT2D eigenvalue weighted by Gasteiger charge is -2.23. The van der Waals surface area contributed by atoms with E-state index in [1.807, 2.05) is 18.2 Å². The predicted octanol–water partition coefficient (Wildman–Crippen LogP) is 4.97. The highest BCUT2D eigenvalue weighted by Gasteiger charge is 2.18. The van der Waals surface area contributed by atoms with Crippen molar-refractivity contribution >= 4 is 22.5 Å². The Morgan fingerprint density at radius 3 is 2.46 bits per heavy atom. The molecule has 1 aromatic heterocycles. The summed E-state index contributed by atoms with van der Waals surface area (Å²) < 4.78 is 10.7. The van der Waals surface area contributed by atoms with Crippen LogP contribution >= 0.6 is 11.6 Å². The fraction of sp³-hybridized carbons (Fsp3) is 0.333. The van der Waals surface area contributed by atoms with Crippen molar-refractivity contribution in [3.63, 3.8) is 0 Å². The molecule has 0 atom stereocenters. The van der Waals surface area contributed by atoms with Gasteiger partial charge in [0.1, 0.15) is 0 Å². The van der Waals surface area contributed by atoms with Gasteiger partial charge >= 0.3 is 0 Å². The van der Waals surface area contributed by atoms with E-state index in [0.717, 1.165) is 40.3 Å².